The van der Waals surface area contributed by atoms with E-state index in [0.717, 1.165) is 16.5 Å². The van der Waals surface area contributed by atoms with Gasteiger partial charge in [-0.05, 0) is 44.9 Å². The number of aliphatic carboxylic acids is 1. The van der Waals surface area contributed by atoms with Gasteiger partial charge in [0.2, 0.25) is 0 Å². The fraction of sp³-hybridized carbons (Fsp3) is 0.450. The monoisotopic (exact) mass is 356 g/mol. The SMILES string of the molecule is CC(C)(C)OC(=O)N1CC[C@H](c2cnc3ccccc3c2)[C@@H](C(=O)O)C1. The maximum absolute atomic E-state index is 12.3. The molecule has 1 amide bonds. The number of carboxylic acids is 1. The molecule has 1 aromatic carbocycles. The molecular weight excluding hydrogens is 332 g/mol. The molecule has 1 aliphatic rings. The van der Waals surface area contributed by atoms with Gasteiger partial charge in [0.05, 0.1) is 11.4 Å². The first-order valence-electron chi connectivity index (χ1n) is 8.80. The van der Waals surface area contributed by atoms with Crippen molar-refractivity contribution < 1.29 is 19.4 Å². The molecule has 1 aliphatic heterocycles. The molecule has 0 saturated carbocycles. The van der Waals surface area contributed by atoms with Gasteiger partial charge in [0.1, 0.15) is 5.60 Å². The summed E-state index contributed by atoms with van der Waals surface area (Å²) >= 11 is 0. The molecule has 0 aliphatic carbocycles. The molecule has 1 saturated heterocycles. The van der Waals surface area contributed by atoms with Crippen molar-refractivity contribution in [3.63, 3.8) is 0 Å². The number of benzene rings is 1. The average Bonchev–Trinajstić information content (AvgIpc) is 2.59. The van der Waals surface area contributed by atoms with Gasteiger partial charge < -0.3 is 14.7 Å². The van der Waals surface area contributed by atoms with E-state index < -0.39 is 23.6 Å². The van der Waals surface area contributed by atoms with Crippen molar-refractivity contribution in [3.05, 3.63) is 42.1 Å². The van der Waals surface area contributed by atoms with Crippen LogP contribution in [0.15, 0.2) is 36.5 Å². The molecule has 6 heteroatoms. The predicted octanol–water partition coefficient (Wildman–Crippen LogP) is 3.66. The van der Waals surface area contributed by atoms with Crippen LogP contribution in [0, 0.1) is 5.92 Å². The van der Waals surface area contributed by atoms with Gasteiger partial charge in [-0.25, -0.2) is 4.79 Å². The third kappa shape index (κ3) is 3.95. The van der Waals surface area contributed by atoms with Crippen LogP contribution < -0.4 is 0 Å². The van der Waals surface area contributed by atoms with E-state index in [1.54, 1.807) is 27.0 Å². The number of amides is 1. The second kappa shape index (κ2) is 6.94. The van der Waals surface area contributed by atoms with E-state index in [1.165, 1.54) is 4.90 Å². The molecule has 0 bridgehead atoms. The number of carbonyl (C=O) groups is 2. The molecule has 0 radical (unpaired) electrons. The summed E-state index contributed by atoms with van der Waals surface area (Å²) in [6, 6.07) is 9.77. The van der Waals surface area contributed by atoms with Gasteiger partial charge in [-0.15, -0.1) is 0 Å². The number of fused-ring (bicyclic) bond motifs is 1. The summed E-state index contributed by atoms with van der Waals surface area (Å²) in [6.45, 7) is 6.01. The first-order valence-corrected chi connectivity index (χ1v) is 8.80. The van der Waals surface area contributed by atoms with Crippen LogP contribution in [-0.2, 0) is 9.53 Å². The lowest BCUT2D eigenvalue weighted by Crippen LogP contribution is -2.47. The minimum atomic E-state index is -0.906. The first-order chi connectivity index (χ1) is 12.2. The Morgan fingerprint density at radius 2 is 2.00 bits per heavy atom. The van der Waals surface area contributed by atoms with Crippen molar-refractivity contribution in [1.29, 1.82) is 0 Å². The van der Waals surface area contributed by atoms with Gasteiger partial charge in [-0.3, -0.25) is 9.78 Å². The molecule has 1 fully saturated rings. The lowest BCUT2D eigenvalue weighted by molar-refractivity contribution is -0.144. The lowest BCUT2D eigenvalue weighted by Gasteiger charge is -2.37. The summed E-state index contributed by atoms with van der Waals surface area (Å²) in [7, 11) is 0. The van der Waals surface area contributed by atoms with Gasteiger partial charge in [0.25, 0.3) is 0 Å². The van der Waals surface area contributed by atoms with E-state index in [-0.39, 0.29) is 12.5 Å². The maximum Gasteiger partial charge on any atom is 0.410 e. The van der Waals surface area contributed by atoms with Gasteiger partial charge in [-0.1, -0.05) is 18.2 Å². The molecular formula is C20H24N2O4. The number of likely N-dealkylation sites (tertiary alicyclic amines) is 1. The molecule has 1 N–H and O–H groups in total. The smallest absolute Gasteiger partial charge is 0.410 e. The van der Waals surface area contributed by atoms with Crippen molar-refractivity contribution in [1.82, 2.24) is 9.88 Å². The van der Waals surface area contributed by atoms with Crippen LogP contribution in [0.1, 0.15) is 38.7 Å². The third-order valence-corrected chi connectivity index (χ3v) is 4.62. The van der Waals surface area contributed by atoms with E-state index in [1.807, 2.05) is 30.3 Å². The Balaban J connectivity index is 1.82. The topological polar surface area (TPSA) is 79.7 Å². The number of para-hydroxylation sites is 1. The van der Waals surface area contributed by atoms with Crippen LogP contribution in [-0.4, -0.2) is 45.7 Å². The highest BCUT2D eigenvalue weighted by atomic mass is 16.6. The van der Waals surface area contributed by atoms with Crippen molar-refractivity contribution in [2.24, 2.45) is 5.92 Å². The standard InChI is InChI=1S/C20H24N2O4/c1-20(2,3)26-19(25)22-9-8-15(16(12-22)18(23)24)14-10-13-6-4-5-7-17(13)21-11-14/h4-7,10-11,15-16H,8-9,12H2,1-3H3,(H,23,24)/t15-,16+/m1/s1. The number of hydrogen-bond acceptors (Lipinski definition) is 4. The molecule has 1 aromatic heterocycles. The summed E-state index contributed by atoms with van der Waals surface area (Å²) in [5.74, 6) is -1.76. The number of ether oxygens (including phenoxy) is 1. The summed E-state index contributed by atoms with van der Waals surface area (Å²) in [6.07, 6.45) is 1.86. The fourth-order valence-electron chi connectivity index (χ4n) is 3.38. The van der Waals surface area contributed by atoms with Crippen LogP contribution >= 0.6 is 0 Å². The van der Waals surface area contributed by atoms with E-state index >= 15 is 0 Å². The number of aromatic nitrogens is 1. The van der Waals surface area contributed by atoms with Crippen LogP contribution in [0.5, 0.6) is 0 Å². The number of piperidine rings is 1. The highest BCUT2D eigenvalue weighted by Crippen LogP contribution is 2.34. The Labute approximate surface area is 152 Å². The van der Waals surface area contributed by atoms with Crippen LogP contribution in [0.4, 0.5) is 4.79 Å². The normalized spacial score (nSPS) is 20.8. The Hall–Kier alpha value is -2.63. The number of carboxylic acid groups (broad SMARTS) is 1. The zero-order valence-electron chi connectivity index (χ0n) is 15.3. The van der Waals surface area contributed by atoms with Crippen LogP contribution in [0.3, 0.4) is 0 Å². The minimum Gasteiger partial charge on any atom is -0.481 e. The number of pyridine rings is 1. The fourth-order valence-corrected chi connectivity index (χ4v) is 3.38. The van der Waals surface area contributed by atoms with E-state index in [0.29, 0.717) is 13.0 Å². The summed E-state index contributed by atoms with van der Waals surface area (Å²) in [4.78, 5) is 30.1. The lowest BCUT2D eigenvalue weighted by atomic mass is 9.81. The van der Waals surface area contributed by atoms with Crippen molar-refractivity contribution in [3.8, 4) is 0 Å². The second-order valence-corrected chi connectivity index (χ2v) is 7.73. The molecule has 6 nitrogen and oxygen atoms in total. The molecule has 2 heterocycles. The molecule has 2 aromatic rings. The molecule has 0 unspecified atom stereocenters. The number of hydrogen-bond donors (Lipinski definition) is 1. The number of carbonyl (C=O) groups excluding carboxylic acids is 1. The zero-order valence-corrected chi connectivity index (χ0v) is 15.3. The quantitative estimate of drug-likeness (QED) is 0.888. The van der Waals surface area contributed by atoms with Gasteiger partial charge in [-0.2, -0.15) is 0 Å². The van der Waals surface area contributed by atoms with Crippen LogP contribution in [0.25, 0.3) is 10.9 Å². The van der Waals surface area contributed by atoms with Crippen molar-refractivity contribution in [2.45, 2.75) is 38.7 Å². The van der Waals surface area contributed by atoms with Gasteiger partial charge in [0.15, 0.2) is 0 Å². The minimum absolute atomic E-state index is 0.141. The predicted molar refractivity (Wildman–Crippen MR) is 98.0 cm³/mol. The summed E-state index contributed by atoms with van der Waals surface area (Å²) in [5.41, 5.74) is 1.18. The largest absolute Gasteiger partial charge is 0.481 e. The van der Waals surface area contributed by atoms with E-state index in [2.05, 4.69) is 4.98 Å². The average molecular weight is 356 g/mol. The van der Waals surface area contributed by atoms with Crippen molar-refractivity contribution >= 4 is 23.0 Å². The van der Waals surface area contributed by atoms with Gasteiger partial charge >= 0.3 is 12.1 Å². The highest BCUT2D eigenvalue weighted by Gasteiger charge is 2.38. The molecule has 2 atom stereocenters. The zero-order chi connectivity index (χ0) is 18.9. The molecule has 0 spiro atoms. The Morgan fingerprint density at radius 3 is 2.69 bits per heavy atom. The van der Waals surface area contributed by atoms with Crippen LogP contribution in [0.2, 0.25) is 0 Å². The van der Waals surface area contributed by atoms with Crippen molar-refractivity contribution in [2.75, 3.05) is 13.1 Å². The van der Waals surface area contributed by atoms with E-state index in [4.69, 9.17) is 4.74 Å². The maximum atomic E-state index is 12.3. The first kappa shape index (κ1) is 18.2. The second-order valence-electron chi connectivity index (χ2n) is 7.73. The highest BCUT2D eigenvalue weighted by molar-refractivity contribution is 5.79. The Bertz CT molecular complexity index is 828. The number of rotatable bonds is 2. The molecule has 138 valence electrons. The van der Waals surface area contributed by atoms with E-state index in [9.17, 15) is 14.7 Å². The number of nitrogens with zero attached hydrogens (tertiary/aromatic N) is 2. The molecule has 3 rings (SSSR count). The summed E-state index contributed by atoms with van der Waals surface area (Å²) in [5, 5.41) is 10.7. The van der Waals surface area contributed by atoms with Gasteiger partial charge in [0, 0.05) is 30.6 Å². The Morgan fingerprint density at radius 1 is 1.27 bits per heavy atom. The Kier molecular flexibility index (Phi) is 4.85. The molecule has 26 heavy (non-hydrogen) atoms. The summed E-state index contributed by atoms with van der Waals surface area (Å²) < 4.78 is 5.39. The third-order valence-electron chi connectivity index (χ3n) is 4.62.